The molecule has 12 heteroatoms. The van der Waals surface area contributed by atoms with E-state index in [9.17, 15) is 29.4 Å². The number of benzene rings is 2. The van der Waals surface area contributed by atoms with Crippen LogP contribution < -0.4 is 27.4 Å². The van der Waals surface area contributed by atoms with Crippen LogP contribution in [0.4, 0.5) is 0 Å². The van der Waals surface area contributed by atoms with Crippen molar-refractivity contribution < 1.29 is 34.5 Å². The number of carbonyl (C=O) groups excluding carboxylic acids is 3. The van der Waals surface area contributed by atoms with Gasteiger partial charge in [0.05, 0.1) is 6.04 Å². The van der Waals surface area contributed by atoms with E-state index in [1.165, 1.54) is 24.3 Å². The van der Waals surface area contributed by atoms with E-state index in [1.807, 2.05) is 0 Å². The zero-order valence-electron chi connectivity index (χ0n) is 20.9. The van der Waals surface area contributed by atoms with Crippen molar-refractivity contribution in [1.82, 2.24) is 16.0 Å². The summed E-state index contributed by atoms with van der Waals surface area (Å²) >= 11 is 0. The van der Waals surface area contributed by atoms with Gasteiger partial charge in [0.1, 0.15) is 30.1 Å². The summed E-state index contributed by atoms with van der Waals surface area (Å²) in [5.74, 6) is -3.07. The third kappa shape index (κ3) is 10.4. The van der Waals surface area contributed by atoms with Gasteiger partial charge in [0, 0.05) is 6.42 Å². The highest BCUT2D eigenvalue weighted by molar-refractivity contribution is 5.93. The minimum atomic E-state index is -1.25. The van der Waals surface area contributed by atoms with Crippen molar-refractivity contribution in [3.8, 4) is 11.5 Å². The van der Waals surface area contributed by atoms with E-state index in [2.05, 4.69) is 16.0 Å². The molecule has 0 aliphatic rings. The number of amides is 3. The van der Waals surface area contributed by atoms with Crippen LogP contribution in [0.1, 0.15) is 30.4 Å². The lowest BCUT2D eigenvalue weighted by Crippen LogP contribution is -2.56. The SMILES string of the molecule is NCCCCC(NC(=O)C(N)Cc1ccc(O)cc1)C(=O)NC(Cc1ccc(O)cc1)C(=O)NCC(=O)O. The molecule has 0 heterocycles. The van der Waals surface area contributed by atoms with Gasteiger partial charge in [-0.25, -0.2) is 0 Å². The van der Waals surface area contributed by atoms with E-state index >= 15 is 0 Å². The van der Waals surface area contributed by atoms with Crippen LogP contribution in [-0.2, 0) is 32.0 Å². The minimum Gasteiger partial charge on any atom is -0.508 e. The van der Waals surface area contributed by atoms with Crippen molar-refractivity contribution in [2.24, 2.45) is 11.5 Å². The molecular weight excluding hydrogens is 494 g/mol. The predicted octanol–water partition coefficient (Wildman–Crippen LogP) is -0.490. The number of aromatic hydroxyl groups is 2. The van der Waals surface area contributed by atoms with Gasteiger partial charge in [-0.2, -0.15) is 0 Å². The molecule has 10 N–H and O–H groups in total. The Morgan fingerprint density at radius 1 is 0.737 bits per heavy atom. The average Bonchev–Trinajstić information content (AvgIpc) is 2.88. The van der Waals surface area contributed by atoms with Crippen molar-refractivity contribution in [3.05, 3.63) is 59.7 Å². The first-order valence-corrected chi connectivity index (χ1v) is 12.2. The van der Waals surface area contributed by atoms with Crippen molar-refractivity contribution in [3.63, 3.8) is 0 Å². The molecule has 0 aliphatic heterocycles. The third-order valence-corrected chi connectivity index (χ3v) is 5.73. The molecule has 2 rings (SSSR count). The Labute approximate surface area is 220 Å². The fourth-order valence-electron chi connectivity index (χ4n) is 3.65. The topological polar surface area (TPSA) is 217 Å². The highest BCUT2D eigenvalue weighted by Gasteiger charge is 2.28. The first kappa shape index (κ1) is 30.1. The minimum absolute atomic E-state index is 0.0152. The van der Waals surface area contributed by atoms with Crippen molar-refractivity contribution in [1.29, 1.82) is 0 Å². The summed E-state index contributed by atoms with van der Waals surface area (Å²) in [5, 5.41) is 35.4. The van der Waals surface area contributed by atoms with Crippen LogP contribution in [0.15, 0.2) is 48.5 Å². The third-order valence-electron chi connectivity index (χ3n) is 5.73. The van der Waals surface area contributed by atoms with E-state index in [0.29, 0.717) is 24.9 Å². The van der Waals surface area contributed by atoms with E-state index in [4.69, 9.17) is 16.6 Å². The van der Waals surface area contributed by atoms with Crippen molar-refractivity contribution >= 4 is 23.7 Å². The second-order valence-corrected chi connectivity index (χ2v) is 8.87. The first-order chi connectivity index (χ1) is 18.1. The second kappa shape index (κ2) is 15.2. The van der Waals surface area contributed by atoms with Crippen LogP contribution in [0.3, 0.4) is 0 Å². The normalized spacial score (nSPS) is 13.1. The fourth-order valence-corrected chi connectivity index (χ4v) is 3.65. The van der Waals surface area contributed by atoms with Crippen molar-refractivity contribution in [2.45, 2.75) is 50.2 Å². The molecule has 2 aromatic carbocycles. The summed E-state index contributed by atoms with van der Waals surface area (Å²) in [6.45, 7) is -0.243. The Morgan fingerprint density at radius 3 is 1.79 bits per heavy atom. The number of phenols is 2. The predicted molar refractivity (Wildman–Crippen MR) is 139 cm³/mol. The van der Waals surface area contributed by atoms with Gasteiger partial charge >= 0.3 is 5.97 Å². The van der Waals surface area contributed by atoms with Crippen LogP contribution in [0.25, 0.3) is 0 Å². The molecule has 2 aromatic rings. The molecule has 0 saturated heterocycles. The van der Waals surface area contributed by atoms with Gasteiger partial charge < -0.3 is 42.7 Å². The summed E-state index contributed by atoms with van der Waals surface area (Å²) in [5.41, 5.74) is 13.0. The van der Waals surface area contributed by atoms with Gasteiger partial charge in [0.15, 0.2) is 0 Å². The molecule has 3 unspecified atom stereocenters. The molecule has 0 fully saturated rings. The first-order valence-electron chi connectivity index (χ1n) is 12.2. The maximum absolute atomic E-state index is 13.2. The summed E-state index contributed by atoms with van der Waals surface area (Å²) in [4.78, 5) is 49.7. The van der Waals surface area contributed by atoms with E-state index in [1.54, 1.807) is 24.3 Å². The number of nitrogens with two attached hydrogens (primary N) is 2. The number of nitrogens with one attached hydrogen (secondary N) is 3. The lowest BCUT2D eigenvalue weighted by atomic mass is 10.0. The standard InChI is InChI=1S/C26H35N5O7/c27-12-2-1-3-21(30-24(36)20(28)13-16-4-8-18(32)9-5-16)26(38)31-22(25(37)29-15-23(34)35)14-17-6-10-19(33)11-7-17/h4-11,20-22,32-33H,1-3,12-15,27-28H2,(H,29,37)(H,30,36)(H,31,38)(H,34,35). The van der Waals surface area contributed by atoms with Crippen LogP contribution in [0, 0.1) is 0 Å². The number of carbonyl (C=O) groups is 4. The molecule has 0 radical (unpaired) electrons. The molecular formula is C26H35N5O7. The number of phenolic OH excluding ortho intramolecular Hbond substituents is 2. The maximum Gasteiger partial charge on any atom is 0.322 e. The van der Waals surface area contributed by atoms with E-state index in [0.717, 1.165) is 5.56 Å². The van der Waals surface area contributed by atoms with Gasteiger partial charge in [-0.05, 0) is 67.6 Å². The molecule has 206 valence electrons. The van der Waals surface area contributed by atoms with Crippen LogP contribution in [0.5, 0.6) is 11.5 Å². The van der Waals surface area contributed by atoms with Gasteiger partial charge in [-0.3, -0.25) is 19.2 Å². The maximum atomic E-state index is 13.2. The fraction of sp³-hybridized carbons (Fsp3) is 0.385. The Kier molecular flexibility index (Phi) is 12.0. The van der Waals surface area contributed by atoms with Crippen LogP contribution >= 0.6 is 0 Å². The van der Waals surface area contributed by atoms with Crippen LogP contribution in [-0.4, -0.2) is 70.2 Å². The molecule has 3 atom stereocenters. The molecule has 0 bridgehead atoms. The lowest BCUT2D eigenvalue weighted by Gasteiger charge is -2.24. The second-order valence-electron chi connectivity index (χ2n) is 8.87. The highest BCUT2D eigenvalue weighted by atomic mass is 16.4. The summed E-state index contributed by atoms with van der Waals surface area (Å²) in [7, 11) is 0. The monoisotopic (exact) mass is 529 g/mol. The van der Waals surface area contributed by atoms with E-state index in [-0.39, 0.29) is 30.8 Å². The smallest absolute Gasteiger partial charge is 0.322 e. The number of carboxylic acid groups (broad SMARTS) is 1. The van der Waals surface area contributed by atoms with E-state index < -0.39 is 48.4 Å². The Hall–Kier alpha value is -4.16. The molecule has 3 amide bonds. The number of rotatable bonds is 15. The molecule has 38 heavy (non-hydrogen) atoms. The lowest BCUT2D eigenvalue weighted by molar-refractivity contribution is -0.138. The Balaban J connectivity index is 2.14. The summed E-state index contributed by atoms with van der Waals surface area (Å²) < 4.78 is 0. The zero-order valence-corrected chi connectivity index (χ0v) is 20.9. The largest absolute Gasteiger partial charge is 0.508 e. The number of carboxylic acids is 1. The average molecular weight is 530 g/mol. The summed E-state index contributed by atoms with van der Waals surface area (Å²) in [6.07, 6.45) is 1.56. The number of hydrogen-bond acceptors (Lipinski definition) is 8. The van der Waals surface area contributed by atoms with Crippen LogP contribution in [0.2, 0.25) is 0 Å². The Bertz CT molecular complexity index is 1080. The zero-order chi connectivity index (χ0) is 28.1. The quantitative estimate of drug-likeness (QED) is 0.139. The molecule has 0 aliphatic carbocycles. The Morgan fingerprint density at radius 2 is 1.26 bits per heavy atom. The number of hydrogen-bond donors (Lipinski definition) is 8. The molecule has 12 nitrogen and oxygen atoms in total. The molecule has 0 aromatic heterocycles. The number of aliphatic carboxylic acids is 1. The van der Waals surface area contributed by atoms with Crippen molar-refractivity contribution in [2.75, 3.05) is 13.1 Å². The highest BCUT2D eigenvalue weighted by Crippen LogP contribution is 2.13. The molecule has 0 spiro atoms. The van der Waals surface area contributed by atoms with Gasteiger partial charge in [-0.1, -0.05) is 24.3 Å². The number of unbranched alkanes of at least 4 members (excludes halogenated alkanes) is 1. The van der Waals surface area contributed by atoms with Gasteiger partial charge in [0.25, 0.3) is 0 Å². The van der Waals surface area contributed by atoms with Gasteiger partial charge in [-0.15, -0.1) is 0 Å². The summed E-state index contributed by atoms with van der Waals surface area (Å²) in [6, 6.07) is 9.08. The molecule has 0 saturated carbocycles. The van der Waals surface area contributed by atoms with Gasteiger partial charge in [0.2, 0.25) is 17.7 Å².